The normalized spacial score (nSPS) is 10.7. The number of aromatic amines is 1. The van der Waals surface area contributed by atoms with Gasteiger partial charge in [0.05, 0.1) is 5.52 Å². The van der Waals surface area contributed by atoms with Gasteiger partial charge >= 0.3 is 0 Å². The van der Waals surface area contributed by atoms with Crippen LogP contribution in [0.1, 0.15) is 0 Å². The second kappa shape index (κ2) is 2.60. The third kappa shape index (κ3) is 1.20. The standard InChI is InChI=1S/C7H4Br2N2/c8-6-3-5-4(1-2-10-5)7(9)11-6/h1-3,10H. The third-order valence-corrected chi connectivity index (χ3v) is 2.48. The highest BCUT2D eigenvalue weighted by Gasteiger charge is 2.01. The SMILES string of the molecule is Brc1cc2[nH]ccc2c(Br)n1. The molecule has 0 aliphatic rings. The Bertz CT molecular complexity index is 394. The van der Waals surface area contributed by atoms with Gasteiger partial charge in [-0.2, -0.15) is 0 Å². The smallest absolute Gasteiger partial charge is 0.116 e. The molecule has 2 rings (SSSR count). The first kappa shape index (κ1) is 7.31. The van der Waals surface area contributed by atoms with Gasteiger partial charge in [0.25, 0.3) is 0 Å². The van der Waals surface area contributed by atoms with Crippen molar-refractivity contribution in [1.82, 2.24) is 9.97 Å². The highest BCUT2D eigenvalue weighted by Crippen LogP contribution is 2.23. The highest BCUT2D eigenvalue weighted by molar-refractivity contribution is 9.11. The zero-order valence-electron chi connectivity index (χ0n) is 5.44. The van der Waals surface area contributed by atoms with Crippen LogP contribution >= 0.6 is 31.9 Å². The molecule has 0 saturated carbocycles. The molecule has 2 aromatic heterocycles. The molecule has 0 fully saturated rings. The Balaban J connectivity index is 2.91. The summed E-state index contributed by atoms with van der Waals surface area (Å²) in [7, 11) is 0. The van der Waals surface area contributed by atoms with E-state index in [4.69, 9.17) is 0 Å². The number of halogens is 2. The Hall–Kier alpha value is -0.350. The Kier molecular flexibility index (Phi) is 1.73. The van der Waals surface area contributed by atoms with Crippen LogP contribution in [0.15, 0.2) is 27.5 Å². The monoisotopic (exact) mass is 274 g/mol. The molecule has 0 aliphatic heterocycles. The van der Waals surface area contributed by atoms with E-state index in [2.05, 4.69) is 41.8 Å². The summed E-state index contributed by atoms with van der Waals surface area (Å²) in [5, 5.41) is 1.10. The number of fused-ring (bicyclic) bond motifs is 1. The van der Waals surface area contributed by atoms with Gasteiger partial charge < -0.3 is 4.98 Å². The Morgan fingerprint density at radius 2 is 2.18 bits per heavy atom. The summed E-state index contributed by atoms with van der Waals surface area (Å²) in [5.74, 6) is 0. The van der Waals surface area contributed by atoms with Crippen LogP contribution in [-0.4, -0.2) is 9.97 Å². The maximum Gasteiger partial charge on any atom is 0.116 e. The van der Waals surface area contributed by atoms with E-state index >= 15 is 0 Å². The summed E-state index contributed by atoms with van der Waals surface area (Å²) >= 11 is 6.67. The van der Waals surface area contributed by atoms with Crippen LogP contribution in [0.3, 0.4) is 0 Å². The fourth-order valence-electron chi connectivity index (χ4n) is 0.987. The molecular weight excluding hydrogens is 272 g/mol. The largest absolute Gasteiger partial charge is 0.361 e. The van der Waals surface area contributed by atoms with Crippen LogP contribution in [0, 0.1) is 0 Å². The van der Waals surface area contributed by atoms with Gasteiger partial charge in [0.15, 0.2) is 0 Å². The number of nitrogens with one attached hydrogen (secondary N) is 1. The topological polar surface area (TPSA) is 28.7 Å². The van der Waals surface area contributed by atoms with Gasteiger partial charge in [0.2, 0.25) is 0 Å². The lowest BCUT2D eigenvalue weighted by molar-refractivity contribution is 1.26. The van der Waals surface area contributed by atoms with Crippen LogP contribution in [0.25, 0.3) is 10.9 Å². The fourth-order valence-corrected chi connectivity index (χ4v) is 2.17. The number of rotatable bonds is 0. The predicted molar refractivity (Wildman–Crippen MR) is 51.5 cm³/mol. The number of aromatic nitrogens is 2. The van der Waals surface area contributed by atoms with Gasteiger partial charge in [-0.15, -0.1) is 0 Å². The minimum Gasteiger partial charge on any atom is -0.361 e. The maximum absolute atomic E-state index is 4.19. The number of H-pyrrole nitrogens is 1. The summed E-state index contributed by atoms with van der Waals surface area (Å²) in [6, 6.07) is 3.93. The van der Waals surface area contributed by atoms with Gasteiger partial charge in [-0.25, -0.2) is 4.98 Å². The van der Waals surface area contributed by atoms with Gasteiger partial charge in [-0.3, -0.25) is 0 Å². The molecule has 56 valence electrons. The van der Waals surface area contributed by atoms with Crippen LogP contribution in [0.4, 0.5) is 0 Å². The van der Waals surface area contributed by atoms with Crippen molar-refractivity contribution in [2.75, 3.05) is 0 Å². The first-order valence-corrected chi connectivity index (χ1v) is 4.65. The van der Waals surface area contributed by atoms with E-state index in [9.17, 15) is 0 Å². The van der Waals surface area contributed by atoms with Gasteiger partial charge in [-0.1, -0.05) is 0 Å². The summed E-state index contributed by atoms with van der Waals surface area (Å²) in [5.41, 5.74) is 1.08. The van der Waals surface area contributed by atoms with E-state index in [1.54, 1.807) is 0 Å². The lowest BCUT2D eigenvalue weighted by atomic mass is 10.3. The van der Waals surface area contributed by atoms with Gasteiger partial charge in [0.1, 0.15) is 9.21 Å². The molecule has 0 bridgehead atoms. The maximum atomic E-state index is 4.19. The summed E-state index contributed by atoms with van der Waals surface area (Å²) in [6.45, 7) is 0. The predicted octanol–water partition coefficient (Wildman–Crippen LogP) is 3.09. The van der Waals surface area contributed by atoms with Crippen molar-refractivity contribution in [1.29, 1.82) is 0 Å². The lowest BCUT2D eigenvalue weighted by Gasteiger charge is -1.93. The molecule has 0 atom stereocenters. The van der Waals surface area contributed by atoms with Crippen molar-refractivity contribution < 1.29 is 0 Å². The second-order valence-electron chi connectivity index (χ2n) is 2.17. The number of hydrogen-bond donors (Lipinski definition) is 1. The van der Waals surface area contributed by atoms with Crippen molar-refractivity contribution >= 4 is 42.8 Å². The molecular formula is C7H4Br2N2. The Labute approximate surface area is 80.3 Å². The average Bonchev–Trinajstić information content (AvgIpc) is 2.34. The van der Waals surface area contributed by atoms with Crippen molar-refractivity contribution in [2.24, 2.45) is 0 Å². The average molecular weight is 276 g/mol. The van der Waals surface area contributed by atoms with Crippen molar-refractivity contribution in [3.8, 4) is 0 Å². The van der Waals surface area contributed by atoms with E-state index in [1.807, 2.05) is 18.3 Å². The van der Waals surface area contributed by atoms with Crippen molar-refractivity contribution in [2.45, 2.75) is 0 Å². The Morgan fingerprint density at radius 1 is 1.36 bits per heavy atom. The van der Waals surface area contributed by atoms with Crippen LogP contribution in [-0.2, 0) is 0 Å². The fraction of sp³-hybridized carbons (Fsp3) is 0. The van der Waals surface area contributed by atoms with E-state index in [0.717, 1.165) is 20.1 Å². The Morgan fingerprint density at radius 3 is 3.00 bits per heavy atom. The number of hydrogen-bond acceptors (Lipinski definition) is 1. The van der Waals surface area contributed by atoms with Gasteiger partial charge in [-0.05, 0) is 44.0 Å². The van der Waals surface area contributed by atoms with E-state index in [0.29, 0.717) is 0 Å². The zero-order chi connectivity index (χ0) is 7.84. The highest BCUT2D eigenvalue weighted by atomic mass is 79.9. The lowest BCUT2D eigenvalue weighted by Crippen LogP contribution is -1.77. The first-order chi connectivity index (χ1) is 5.27. The van der Waals surface area contributed by atoms with E-state index < -0.39 is 0 Å². The molecule has 0 radical (unpaired) electrons. The molecule has 4 heteroatoms. The number of pyridine rings is 1. The van der Waals surface area contributed by atoms with Crippen molar-refractivity contribution in [3.63, 3.8) is 0 Å². The molecule has 0 spiro atoms. The van der Waals surface area contributed by atoms with E-state index in [-0.39, 0.29) is 0 Å². The van der Waals surface area contributed by atoms with Crippen LogP contribution < -0.4 is 0 Å². The van der Waals surface area contributed by atoms with Crippen LogP contribution in [0.2, 0.25) is 0 Å². The van der Waals surface area contributed by atoms with Crippen molar-refractivity contribution in [3.05, 3.63) is 27.5 Å². The molecule has 0 amide bonds. The minimum absolute atomic E-state index is 0.833. The quantitative estimate of drug-likeness (QED) is 0.736. The molecule has 2 heterocycles. The molecule has 11 heavy (non-hydrogen) atoms. The molecule has 2 nitrogen and oxygen atoms in total. The number of nitrogens with zero attached hydrogens (tertiary/aromatic N) is 1. The molecule has 0 aliphatic carbocycles. The molecule has 0 unspecified atom stereocenters. The van der Waals surface area contributed by atoms with Crippen LogP contribution in [0.5, 0.6) is 0 Å². The summed E-state index contributed by atoms with van der Waals surface area (Å²) in [4.78, 5) is 7.29. The molecule has 0 aromatic carbocycles. The van der Waals surface area contributed by atoms with Gasteiger partial charge in [0, 0.05) is 11.6 Å². The molecule has 2 aromatic rings. The first-order valence-electron chi connectivity index (χ1n) is 3.06. The summed E-state index contributed by atoms with van der Waals surface area (Å²) < 4.78 is 1.70. The minimum atomic E-state index is 0.833. The zero-order valence-corrected chi connectivity index (χ0v) is 8.61. The second-order valence-corrected chi connectivity index (χ2v) is 3.74. The van der Waals surface area contributed by atoms with E-state index in [1.165, 1.54) is 0 Å². The third-order valence-electron chi connectivity index (χ3n) is 1.47. The summed E-state index contributed by atoms with van der Waals surface area (Å²) in [6.07, 6.45) is 1.89. The molecule has 0 saturated heterocycles. The molecule has 1 N–H and O–H groups in total.